The second-order valence-corrected chi connectivity index (χ2v) is 6.68. The number of nitrogens with zero attached hydrogens (tertiary/aromatic N) is 3. The minimum atomic E-state index is -0.360. The molecule has 0 aliphatic heterocycles. The van der Waals surface area contributed by atoms with Gasteiger partial charge in [0.05, 0.1) is 23.2 Å². The molecular weight excluding hydrogens is 376 g/mol. The first-order chi connectivity index (χ1) is 13.5. The Bertz CT molecular complexity index is 1010. The molecule has 1 N–H and O–H groups in total. The summed E-state index contributed by atoms with van der Waals surface area (Å²) in [5.41, 5.74) is 6.76. The Labute approximate surface area is 168 Å². The average molecular weight is 397 g/mol. The zero-order chi connectivity index (χ0) is 20.1. The second-order valence-electron chi connectivity index (χ2n) is 6.32. The first-order valence-corrected chi connectivity index (χ1v) is 9.16. The van der Waals surface area contributed by atoms with E-state index >= 15 is 0 Å². The summed E-state index contributed by atoms with van der Waals surface area (Å²) in [6.07, 6.45) is 1.49. The third-order valence-electron chi connectivity index (χ3n) is 4.35. The van der Waals surface area contributed by atoms with Crippen LogP contribution in [-0.4, -0.2) is 28.5 Å². The van der Waals surface area contributed by atoms with Crippen LogP contribution >= 0.6 is 11.6 Å². The molecule has 0 radical (unpaired) electrons. The molecule has 2 aromatic carbocycles. The topological polar surface area (TPSA) is 68.5 Å². The minimum Gasteiger partial charge on any atom is -0.483 e. The molecule has 0 fully saturated rings. The van der Waals surface area contributed by atoms with E-state index in [-0.39, 0.29) is 12.5 Å². The van der Waals surface area contributed by atoms with Crippen LogP contribution in [0.25, 0.3) is 5.69 Å². The van der Waals surface area contributed by atoms with Crippen LogP contribution < -0.4 is 10.2 Å². The van der Waals surface area contributed by atoms with Crippen LogP contribution in [0.15, 0.2) is 53.6 Å². The van der Waals surface area contributed by atoms with Crippen molar-refractivity contribution in [2.75, 3.05) is 6.61 Å². The Morgan fingerprint density at radius 3 is 2.68 bits per heavy atom. The summed E-state index contributed by atoms with van der Waals surface area (Å²) in [4.78, 5) is 12.0. The summed E-state index contributed by atoms with van der Waals surface area (Å²) in [5, 5.41) is 8.83. The molecule has 0 saturated heterocycles. The van der Waals surface area contributed by atoms with Crippen LogP contribution in [0.3, 0.4) is 0 Å². The van der Waals surface area contributed by atoms with Crippen molar-refractivity contribution in [3.05, 3.63) is 76.1 Å². The highest BCUT2D eigenvalue weighted by molar-refractivity contribution is 6.32. The zero-order valence-corrected chi connectivity index (χ0v) is 16.7. The number of rotatable bonds is 6. The maximum Gasteiger partial charge on any atom is 0.277 e. The van der Waals surface area contributed by atoms with E-state index in [2.05, 4.69) is 15.6 Å². The van der Waals surface area contributed by atoms with Crippen LogP contribution in [0.1, 0.15) is 22.4 Å². The molecule has 6 nitrogen and oxygen atoms in total. The van der Waals surface area contributed by atoms with E-state index in [0.717, 1.165) is 16.8 Å². The number of carbonyl (C=O) groups excluding carboxylic acids is 1. The number of aromatic nitrogens is 2. The van der Waals surface area contributed by atoms with Crippen molar-refractivity contribution < 1.29 is 9.53 Å². The number of hydrogen-bond acceptors (Lipinski definition) is 4. The molecule has 0 atom stereocenters. The molecule has 0 aliphatic rings. The lowest BCUT2D eigenvalue weighted by Crippen LogP contribution is -2.24. The predicted molar refractivity (Wildman–Crippen MR) is 110 cm³/mol. The normalized spacial score (nSPS) is 11.0. The van der Waals surface area contributed by atoms with Crippen molar-refractivity contribution in [2.24, 2.45) is 5.10 Å². The van der Waals surface area contributed by atoms with E-state index < -0.39 is 0 Å². The molecule has 28 heavy (non-hydrogen) atoms. The van der Waals surface area contributed by atoms with Gasteiger partial charge in [-0.05, 0) is 50.1 Å². The number of amides is 1. The van der Waals surface area contributed by atoms with Gasteiger partial charge in [0.25, 0.3) is 5.91 Å². The number of ether oxygens (including phenoxy) is 1. The van der Waals surface area contributed by atoms with Crippen molar-refractivity contribution in [3.8, 4) is 11.4 Å². The molecule has 0 spiro atoms. The van der Waals surface area contributed by atoms with E-state index in [9.17, 15) is 4.79 Å². The van der Waals surface area contributed by atoms with Gasteiger partial charge in [0.1, 0.15) is 10.9 Å². The average Bonchev–Trinajstić information content (AvgIpc) is 2.98. The van der Waals surface area contributed by atoms with Gasteiger partial charge in [-0.15, -0.1) is 0 Å². The number of halogens is 1. The monoisotopic (exact) mass is 396 g/mol. The largest absolute Gasteiger partial charge is 0.483 e. The van der Waals surface area contributed by atoms with Crippen LogP contribution in [0.4, 0.5) is 0 Å². The van der Waals surface area contributed by atoms with Crippen molar-refractivity contribution >= 4 is 23.7 Å². The predicted octanol–water partition coefficient (Wildman–Crippen LogP) is 3.98. The summed E-state index contributed by atoms with van der Waals surface area (Å²) >= 11 is 6.42. The van der Waals surface area contributed by atoms with Gasteiger partial charge in [0, 0.05) is 0 Å². The van der Waals surface area contributed by atoms with Gasteiger partial charge in [-0.1, -0.05) is 41.9 Å². The zero-order valence-electron chi connectivity index (χ0n) is 15.9. The first kappa shape index (κ1) is 19.6. The van der Waals surface area contributed by atoms with Gasteiger partial charge in [-0.25, -0.2) is 10.1 Å². The minimum absolute atomic E-state index is 0.127. The van der Waals surface area contributed by atoms with Crippen molar-refractivity contribution in [3.63, 3.8) is 0 Å². The van der Waals surface area contributed by atoms with Gasteiger partial charge >= 0.3 is 0 Å². The SMILES string of the molecule is Cc1cccc(OCC(=O)N/N=C\c2c(C)nn(-c3ccccc3)c2Cl)c1C. The highest BCUT2D eigenvalue weighted by Gasteiger charge is 2.13. The number of benzene rings is 2. The molecule has 1 amide bonds. The van der Waals surface area contributed by atoms with E-state index in [0.29, 0.717) is 22.2 Å². The third kappa shape index (κ3) is 4.40. The van der Waals surface area contributed by atoms with E-state index in [4.69, 9.17) is 16.3 Å². The maximum atomic E-state index is 12.0. The molecule has 3 aromatic rings. The Morgan fingerprint density at radius 2 is 1.93 bits per heavy atom. The fourth-order valence-corrected chi connectivity index (χ4v) is 2.94. The highest BCUT2D eigenvalue weighted by Crippen LogP contribution is 2.22. The molecule has 0 saturated carbocycles. The Hall–Kier alpha value is -3.12. The lowest BCUT2D eigenvalue weighted by atomic mass is 10.1. The summed E-state index contributed by atoms with van der Waals surface area (Å²) in [7, 11) is 0. The van der Waals surface area contributed by atoms with Gasteiger partial charge in [0.2, 0.25) is 0 Å². The summed E-state index contributed by atoms with van der Waals surface area (Å²) in [6, 6.07) is 15.3. The molecule has 1 aromatic heterocycles. The van der Waals surface area contributed by atoms with Crippen LogP contribution in [0.5, 0.6) is 5.75 Å². The molecule has 7 heteroatoms. The fraction of sp³-hybridized carbons (Fsp3) is 0.190. The van der Waals surface area contributed by atoms with Crippen LogP contribution in [0, 0.1) is 20.8 Å². The quantitative estimate of drug-likeness (QED) is 0.506. The number of nitrogens with one attached hydrogen (secondary N) is 1. The smallest absolute Gasteiger partial charge is 0.277 e. The number of para-hydroxylation sites is 1. The van der Waals surface area contributed by atoms with E-state index in [1.54, 1.807) is 4.68 Å². The van der Waals surface area contributed by atoms with Crippen molar-refractivity contribution in [2.45, 2.75) is 20.8 Å². The molecule has 0 bridgehead atoms. The number of aryl methyl sites for hydroxylation is 2. The van der Waals surface area contributed by atoms with Crippen LogP contribution in [0.2, 0.25) is 5.15 Å². The number of hydrogen-bond donors (Lipinski definition) is 1. The Balaban J connectivity index is 1.62. The Kier molecular flexibility index (Phi) is 6.11. The molecule has 0 aliphatic carbocycles. The molecular formula is C21H21ClN4O2. The highest BCUT2D eigenvalue weighted by atomic mass is 35.5. The molecule has 144 valence electrons. The fourth-order valence-electron chi connectivity index (χ4n) is 2.62. The van der Waals surface area contributed by atoms with Gasteiger partial charge in [0.15, 0.2) is 6.61 Å². The first-order valence-electron chi connectivity index (χ1n) is 8.79. The summed E-state index contributed by atoms with van der Waals surface area (Å²) < 4.78 is 7.19. The summed E-state index contributed by atoms with van der Waals surface area (Å²) in [6.45, 7) is 5.65. The third-order valence-corrected chi connectivity index (χ3v) is 4.71. The van der Waals surface area contributed by atoms with Crippen LogP contribution in [-0.2, 0) is 4.79 Å². The van der Waals surface area contributed by atoms with Gasteiger partial charge < -0.3 is 4.74 Å². The van der Waals surface area contributed by atoms with Crippen molar-refractivity contribution in [1.29, 1.82) is 0 Å². The molecule has 1 heterocycles. The lowest BCUT2D eigenvalue weighted by molar-refractivity contribution is -0.123. The standard InChI is InChI=1S/C21H21ClN4O2/c1-14-8-7-11-19(15(14)2)28-13-20(27)24-23-12-18-16(3)25-26(21(18)22)17-9-5-4-6-10-17/h4-12H,13H2,1-3H3,(H,24,27)/b23-12-. The molecule has 0 unspecified atom stereocenters. The van der Waals surface area contributed by atoms with E-state index in [1.165, 1.54) is 6.21 Å². The maximum absolute atomic E-state index is 12.0. The number of carbonyl (C=O) groups is 1. The second kappa shape index (κ2) is 8.71. The van der Waals surface area contributed by atoms with E-state index in [1.807, 2.05) is 69.3 Å². The molecule has 3 rings (SSSR count). The van der Waals surface area contributed by atoms with Gasteiger partial charge in [-0.3, -0.25) is 4.79 Å². The lowest BCUT2D eigenvalue weighted by Gasteiger charge is -2.09. The Morgan fingerprint density at radius 1 is 1.18 bits per heavy atom. The van der Waals surface area contributed by atoms with Crippen molar-refractivity contribution in [1.82, 2.24) is 15.2 Å². The number of hydrazone groups is 1. The summed E-state index contributed by atoms with van der Waals surface area (Å²) in [5.74, 6) is 0.323. The van der Waals surface area contributed by atoms with Gasteiger partial charge in [-0.2, -0.15) is 10.2 Å².